The summed E-state index contributed by atoms with van der Waals surface area (Å²) in [7, 11) is 0. The molecular weight excluding hydrogens is 172 g/mol. The molecular formula is C12H14N2. The number of hydrogen-bond donors (Lipinski definition) is 0. The first-order valence-electron chi connectivity index (χ1n) is 5.12. The van der Waals surface area contributed by atoms with Crippen molar-refractivity contribution in [2.45, 2.75) is 38.0 Å². The van der Waals surface area contributed by atoms with Crippen LogP contribution in [0.4, 0.5) is 0 Å². The zero-order chi connectivity index (χ0) is 10.0. The summed E-state index contributed by atoms with van der Waals surface area (Å²) in [5.74, 6) is 0. The summed E-state index contributed by atoms with van der Waals surface area (Å²) in [6.07, 6.45) is 4.26. The van der Waals surface area contributed by atoms with Crippen LogP contribution in [0.15, 0.2) is 18.2 Å². The van der Waals surface area contributed by atoms with E-state index < -0.39 is 0 Å². The van der Waals surface area contributed by atoms with E-state index in [4.69, 9.17) is 0 Å². The van der Waals surface area contributed by atoms with Crippen molar-refractivity contribution in [2.24, 2.45) is 0 Å². The minimum atomic E-state index is -0.286. The Morgan fingerprint density at radius 2 is 2.07 bits per heavy atom. The van der Waals surface area contributed by atoms with Crippen molar-refractivity contribution in [2.75, 3.05) is 0 Å². The smallest absolute Gasteiger partial charge is 0.0993 e. The molecule has 1 aromatic rings. The summed E-state index contributed by atoms with van der Waals surface area (Å²) in [5.41, 5.74) is 1.69. The van der Waals surface area contributed by atoms with Gasteiger partial charge in [-0.25, -0.2) is 0 Å². The van der Waals surface area contributed by atoms with Crippen molar-refractivity contribution >= 4 is 0 Å². The van der Waals surface area contributed by atoms with Crippen LogP contribution in [0.2, 0.25) is 0 Å². The summed E-state index contributed by atoms with van der Waals surface area (Å²) in [6, 6.07) is 8.42. The van der Waals surface area contributed by atoms with Gasteiger partial charge in [0.1, 0.15) is 0 Å². The zero-order valence-electron chi connectivity index (χ0n) is 8.45. The highest BCUT2D eigenvalue weighted by Gasteiger charge is 2.36. The van der Waals surface area contributed by atoms with Crippen LogP contribution >= 0.6 is 0 Å². The first-order chi connectivity index (χ1) is 6.77. The summed E-state index contributed by atoms with van der Waals surface area (Å²) in [6.45, 7) is 1.98. The molecule has 0 aliphatic heterocycles. The summed E-state index contributed by atoms with van der Waals surface area (Å²) in [5, 5.41) is 9.27. The Kier molecular flexibility index (Phi) is 2.25. The lowest BCUT2D eigenvalue weighted by Crippen LogP contribution is -2.21. The Labute approximate surface area is 84.6 Å². The van der Waals surface area contributed by atoms with Gasteiger partial charge in [-0.05, 0) is 31.9 Å². The first-order valence-corrected chi connectivity index (χ1v) is 5.12. The van der Waals surface area contributed by atoms with Crippen molar-refractivity contribution < 1.29 is 0 Å². The molecule has 0 atom stereocenters. The maximum Gasteiger partial charge on any atom is 0.0993 e. The summed E-state index contributed by atoms with van der Waals surface area (Å²) < 4.78 is 0. The third-order valence-electron chi connectivity index (χ3n) is 3.05. The molecule has 0 spiro atoms. The van der Waals surface area contributed by atoms with E-state index >= 15 is 0 Å². The van der Waals surface area contributed by atoms with Crippen molar-refractivity contribution in [3.63, 3.8) is 0 Å². The predicted molar refractivity (Wildman–Crippen MR) is 54.7 cm³/mol. The number of pyridine rings is 1. The molecule has 2 nitrogen and oxygen atoms in total. The molecule has 2 heteroatoms. The molecule has 0 aromatic carbocycles. The monoisotopic (exact) mass is 186 g/mol. The van der Waals surface area contributed by atoms with Crippen LogP contribution in [-0.2, 0) is 5.41 Å². The Balaban J connectivity index is 2.42. The third kappa shape index (κ3) is 1.39. The van der Waals surface area contributed by atoms with Crippen molar-refractivity contribution in [1.82, 2.24) is 4.98 Å². The largest absolute Gasteiger partial charge is 0.256 e. The molecule has 0 amide bonds. The number of hydrogen-bond acceptors (Lipinski definition) is 2. The van der Waals surface area contributed by atoms with E-state index in [0.29, 0.717) is 0 Å². The van der Waals surface area contributed by atoms with Gasteiger partial charge in [0.25, 0.3) is 0 Å². The maximum absolute atomic E-state index is 9.27. The molecule has 0 unspecified atom stereocenters. The Morgan fingerprint density at radius 1 is 1.36 bits per heavy atom. The second-order valence-corrected chi connectivity index (χ2v) is 4.07. The molecule has 0 radical (unpaired) electrons. The fourth-order valence-corrected chi connectivity index (χ4v) is 2.21. The second kappa shape index (κ2) is 3.42. The number of nitriles is 1. The molecule has 1 aliphatic rings. The van der Waals surface area contributed by atoms with Crippen LogP contribution in [-0.4, -0.2) is 4.98 Å². The number of rotatable bonds is 1. The van der Waals surface area contributed by atoms with Gasteiger partial charge in [0.15, 0.2) is 0 Å². The molecule has 1 saturated carbocycles. The van der Waals surface area contributed by atoms with Gasteiger partial charge < -0.3 is 0 Å². The lowest BCUT2D eigenvalue weighted by Gasteiger charge is -2.19. The quantitative estimate of drug-likeness (QED) is 0.676. The molecule has 0 bridgehead atoms. The van der Waals surface area contributed by atoms with E-state index in [1.54, 1.807) is 0 Å². The maximum atomic E-state index is 9.27. The molecule has 0 saturated heterocycles. The van der Waals surface area contributed by atoms with Gasteiger partial charge >= 0.3 is 0 Å². The van der Waals surface area contributed by atoms with Gasteiger partial charge in [-0.3, -0.25) is 4.98 Å². The molecule has 1 fully saturated rings. The van der Waals surface area contributed by atoms with E-state index in [1.165, 1.54) is 0 Å². The van der Waals surface area contributed by atoms with Gasteiger partial charge in [-0.2, -0.15) is 5.26 Å². The van der Waals surface area contributed by atoms with Crippen LogP contribution in [0.3, 0.4) is 0 Å². The van der Waals surface area contributed by atoms with E-state index in [1.807, 2.05) is 25.1 Å². The second-order valence-electron chi connectivity index (χ2n) is 4.07. The highest BCUT2D eigenvalue weighted by Crippen LogP contribution is 2.39. The van der Waals surface area contributed by atoms with Gasteiger partial charge in [-0.1, -0.05) is 18.9 Å². The molecule has 2 rings (SSSR count). The number of aromatic nitrogens is 1. The molecule has 72 valence electrons. The van der Waals surface area contributed by atoms with E-state index in [0.717, 1.165) is 37.1 Å². The minimum absolute atomic E-state index is 0.286. The molecule has 1 aromatic heterocycles. The van der Waals surface area contributed by atoms with E-state index in [9.17, 15) is 5.26 Å². The fraction of sp³-hybridized carbons (Fsp3) is 0.500. The van der Waals surface area contributed by atoms with Crippen LogP contribution < -0.4 is 0 Å². The molecule has 14 heavy (non-hydrogen) atoms. The third-order valence-corrected chi connectivity index (χ3v) is 3.05. The SMILES string of the molecule is Cc1cccc(C2(C#N)CCCC2)n1. The van der Waals surface area contributed by atoms with Gasteiger partial charge in [0.05, 0.1) is 17.2 Å². The minimum Gasteiger partial charge on any atom is -0.256 e. The Hall–Kier alpha value is -1.36. The average molecular weight is 186 g/mol. The number of aryl methyl sites for hydroxylation is 1. The summed E-state index contributed by atoms with van der Waals surface area (Å²) >= 11 is 0. The fourth-order valence-electron chi connectivity index (χ4n) is 2.21. The molecule has 1 aliphatic carbocycles. The molecule has 1 heterocycles. The first kappa shape index (κ1) is 9.21. The van der Waals surface area contributed by atoms with Crippen molar-refractivity contribution in [3.8, 4) is 6.07 Å². The summed E-state index contributed by atoms with van der Waals surface area (Å²) in [4.78, 5) is 4.48. The predicted octanol–water partition coefficient (Wildman–Crippen LogP) is 2.73. The van der Waals surface area contributed by atoms with Crippen LogP contribution in [0.5, 0.6) is 0 Å². The zero-order valence-corrected chi connectivity index (χ0v) is 8.45. The lowest BCUT2D eigenvalue weighted by atomic mass is 9.84. The highest BCUT2D eigenvalue weighted by atomic mass is 14.7. The lowest BCUT2D eigenvalue weighted by molar-refractivity contribution is 0.552. The van der Waals surface area contributed by atoms with Crippen LogP contribution in [0.25, 0.3) is 0 Å². The standard InChI is InChI=1S/C12H14N2/c1-10-5-4-6-11(14-10)12(9-13)7-2-3-8-12/h4-6H,2-3,7-8H2,1H3. The average Bonchev–Trinajstić information content (AvgIpc) is 2.67. The van der Waals surface area contributed by atoms with Gasteiger partial charge in [0.2, 0.25) is 0 Å². The van der Waals surface area contributed by atoms with E-state index in [2.05, 4.69) is 11.1 Å². The van der Waals surface area contributed by atoms with Gasteiger partial charge in [-0.15, -0.1) is 0 Å². The molecule has 0 N–H and O–H groups in total. The van der Waals surface area contributed by atoms with Crippen molar-refractivity contribution in [1.29, 1.82) is 5.26 Å². The van der Waals surface area contributed by atoms with E-state index in [-0.39, 0.29) is 5.41 Å². The Morgan fingerprint density at radius 3 is 2.64 bits per heavy atom. The van der Waals surface area contributed by atoms with Gasteiger partial charge in [0, 0.05) is 5.69 Å². The Bertz CT molecular complexity index is 370. The number of nitrogens with zero attached hydrogens (tertiary/aromatic N) is 2. The highest BCUT2D eigenvalue weighted by molar-refractivity contribution is 5.28. The topological polar surface area (TPSA) is 36.7 Å². The van der Waals surface area contributed by atoms with Crippen LogP contribution in [0.1, 0.15) is 37.1 Å². The van der Waals surface area contributed by atoms with Crippen molar-refractivity contribution in [3.05, 3.63) is 29.6 Å². The van der Waals surface area contributed by atoms with Crippen LogP contribution in [0, 0.1) is 18.3 Å². The normalized spacial score (nSPS) is 19.1.